The largest absolute Gasteiger partial charge is 0.457 e. The number of rotatable bonds is 5. The molecule has 0 saturated carbocycles. The van der Waals surface area contributed by atoms with E-state index >= 15 is 0 Å². The molecule has 1 atom stereocenters. The number of allylic oxidation sites excluding steroid dienone is 2. The molecule has 0 radical (unpaired) electrons. The lowest BCUT2D eigenvalue weighted by molar-refractivity contribution is -0.118. The lowest BCUT2D eigenvalue weighted by Gasteiger charge is -2.39. The van der Waals surface area contributed by atoms with Crippen molar-refractivity contribution in [2.45, 2.75) is 39.2 Å². The van der Waals surface area contributed by atoms with E-state index in [1.54, 1.807) is 4.57 Å². The van der Waals surface area contributed by atoms with Crippen molar-refractivity contribution >= 4 is 11.6 Å². The van der Waals surface area contributed by atoms with Crippen molar-refractivity contribution < 1.29 is 9.53 Å². The maximum absolute atomic E-state index is 13.7. The van der Waals surface area contributed by atoms with Gasteiger partial charge in [0.2, 0.25) is 0 Å². The van der Waals surface area contributed by atoms with Crippen LogP contribution in [0.2, 0.25) is 0 Å². The second-order valence-corrected chi connectivity index (χ2v) is 11.0. The van der Waals surface area contributed by atoms with Crippen LogP contribution < -0.4 is 21.3 Å². The van der Waals surface area contributed by atoms with E-state index in [4.69, 9.17) is 4.74 Å². The second kappa shape index (κ2) is 9.58. The number of nitrogens with one attached hydrogen (secondary N) is 2. The van der Waals surface area contributed by atoms with Gasteiger partial charge in [-0.05, 0) is 47.2 Å². The molecular formula is C32H29N3O4. The van der Waals surface area contributed by atoms with Gasteiger partial charge < -0.3 is 10.1 Å². The number of aromatic nitrogens is 2. The molecule has 1 unspecified atom stereocenters. The quantitative estimate of drug-likeness (QED) is 0.359. The minimum Gasteiger partial charge on any atom is -0.457 e. The summed E-state index contributed by atoms with van der Waals surface area (Å²) >= 11 is 0. The average molecular weight is 520 g/mol. The van der Waals surface area contributed by atoms with Gasteiger partial charge in [0.25, 0.3) is 5.56 Å². The summed E-state index contributed by atoms with van der Waals surface area (Å²) in [6, 6.07) is 26.5. The molecule has 7 heteroatoms. The highest BCUT2D eigenvalue weighted by Crippen LogP contribution is 2.48. The van der Waals surface area contributed by atoms with Gasteiger partial charge in [0.15, 0.2) is 5.78 Å². The average Bonchev–Trinajstić information content (AvgIpc) is 2.90. The monoisotopic (exact) mass is 519 g/mol. The van der Waals surface area contributed by atoms with E-state index in [9.17, 15) is 14.4 Å². The highest BCUT2D eigenvalue weighted by Gasteiger charge is 2.43. The number of hydrogen-bond acceptors (Lipinski definition) is 5. The van der Waals surface area contributed by atoms with E-state index in [1.807, 2.05) is 84.9 Å². The highest BCUT2D eigenvalue weighted by atomic mass is 16.5. The smallest absolute Gasteiger partial charge is 0.330 e. The fraction of sp³-hybridized carbons (Fsp3) is 0.219. The summed E-state index contributed by atoms with van der Waals surface area (Å²) in [6.45, 7) is 4.39. The molecule has 1 aliphatic carbocycles. The first-order valence-corrected chi connectivity index (χ1v) is 13.1. The summed E-state index contributed by atoms with van der Waals surface area (Å²) in [7, 11) is 0. The third-order valence-electron chi connectivity index (χ3n) is 7.36. The standard InChI is InChI=1S/C32H29N3O4/c1-32(2)17-24-27(25(36)18-32)26(21-12-9-15-23(16-21)39-22-13-7-4-8-14-22)28-29(33-24)35(31(38)34-30(28)37)19-20-10-5-3-6-11-20/h3-16,26,33H,17-19H2,1-2H3,(H,34,37,38). The summed E-state index contributed by atoms with van der Waals surface area (Å²) in [4.78, 5) is 42.8. The van der Waals surface area contributed by atoms with Crippen molar-refractivity contribution in [3.05, 3.63) is 134 Å². The summed E-state index contributed by atoms with van der Waals surface area (Å²) in [5.41, 5.74) is 2.11. The zero-order valence-corrected chi connectivity index (χ0v) is 21.9. The topological polar surface area (TPSA) is 93.2 Å². The molecule has 4 aromatic rings. The first-order chi connectivity index (χ1) is 18.8. The third kappa shape index (κ3) is 4.72. The van der Waals surface area contributed by atoms with E-state index in [1.165, 1.54) is 0 Å². The Bertz CT molecular complexity index is 1720. The number of fused-ring (bicyclic) bond motifs is 1. The number of anilines is 1. The van der Waals surface area contributed by atoms with Crippen LogP contribution in [0.3, 0.4) is 0 Å². The zero-order chi connectivity index (χ0) is 27.1. The molecule has 2 heterocycles. The van der Waals surface area contributed by atoms with Crippen molar-refractivity contribution in [2.75, 3.05) is 5.32 Å². The lowest BCUT2D eigenvalue weighted by atomic mass is 9.69. The van der Waals surface area contributed by atoms with Crippen molar-refractivity contribution in [1.29, 1.82) is 0 Å². The fourth-order valence-corrected chi connectivity index (χ4v) is 5.69. The Morgan fingerprint density at radius 1 is 0.872 bits per heavy atom. The van der Waals surface area contributed by atoms with Gasteiger partial charge in [0.1, 0.15) is 17.3 Å². The van der Waals surface area contributed by atoms with Gasteiger partial charge in [-0.3, -0.25) is 19.1 Å². The number of carbonyl (C=O) groups excluding carboxylic acids is 1. The Morgan fingerprint density at radius 3 is 2.31 bits per heavy atom. The number of hydrogen-bond donors (Lipinski definition) is 2. The summed E-state index contributed by atoms with van der Waals surface area (Å²) in [5, 5.41) is 3.38. The number of ether oxygens (including phenoxy) is 1. The van der Waals surface area contributed by atoms with Gasteiger partial charge in [-0.1, -0.05) is 74.5 Å². The number of benzene rings is 3. The van der Waals surface area contributed by atoms with Crippen molar-refractivity contribution in [1.82, 2.24) is 9.55 Å². The third-order valence-corrected chi connectivity index (χ3v) is 7.36. The summed E-state index contributed by atoms with van der Waals surface area (Å²) in [6.07, 6.45) is 0.998. The van der Waals surface area contributed by atoms with E-state index in [0.717, 1.165) is 16.8 Å². The van der Waals surface area contributed by atoms with Crippen LogP contribution in [0.25, 0.3) is 0 Å². The van der Waals surface area contributed by atoms with Gasteiger partial charge >= 0.3 is 5.69 Å². The molecule has 3 aromatic carbocycles. The van der Waals surface area contributed by atoms with Crippen molar-refractivity contribution in [2.24, 2.45) is 5.41 Å². The molecule has 2 aliphatic rings. The Balaban J connectivity index is 1.54. The predicted octanol–water partition coefficient (Wildman–Crippen LogP) is 5.58. The molecule has 7 nitrogen and oxygen atoms in total. The molecule has 0 bridgehead atoms. The molecule has 2 N–H and O–H groups in total. The highest BCUT2D eigenvalue weighted by molar-refractivity contribution is 6.01. The van der Waals surface area contributed by atoms with Crippen LogP contribution in [0.5, 0.6) is 11.5 Å². The zero-order valence-electron chi connectivity index (χ0n) is 21.9. The van der Waals surface area contributed by atoms with E-state index in [0.29, 0.717) is 41.3 Å². The number of Topliss-reactive ketones (excluding diaryl/α,β-unsaturated/α-hetero) is 1. The van der Waals surface area contributed by atoms with Gasteiger partial charge in [-0.15, -0.1) is 0 Å². The van der Waals surface area contributed by atoms with Gasteiger partial charge in [0, 0.05) is 23.6 Å². The minimum absolute atomic E-state index is 0.000935. The van der Waals surface area contributed by atoms with Crippen LogP contribution in [0, 0.1) is 5.41 Å². The number of para-hydroxylation sites is 1. The number of nitrogens with zero attached hydrogens (tertiary/aromatic N) is 1. The predicted molar refractivity (Wildman–Crippen MR) is 150 cm³/mol. The molecule has 0 fully saturated rings. The van der Waals surface area contributed by atoms with Crippen LogP contribution in [0.1, 0.15) is 49.3 Å². The molecule has 39 heavy (non-hydrogen) atoms. The molecule has 0 amide bonds. The fourth-order valence-electron chi connectivity index (χ4n) is 5.69. The normalized spacial score (nSPS) is 17.7. The Morgan fingerprint density at radius 2 is 1.56 bits per heavy atom. The second-order valence-electron chi connectivity index (χ2n) is 11.0. The Hall–Kier alpha value is -4.65. The van der Waals surface area contributed by atoms with Crippen LogP contribution >= 0.6 is 0 Å². The van der Waals surface area contributed by atoms with Crippen LogP contribution in [0.4, 0.5) is 5.82 Å². The van der Waals surface area contributed by atoms with Gasteiger partial charge in [-0.2, -0.15) is 0 Å². The maximum atomic E-state index is 13.7. The van der Waals surface area contributed by atoms with E-state index in [2.05, 4.69) is 24.1 Å². The Labute approximate surface area is 225 Å². The SMILES string of the molecule is CC1(C)CC(=O)C2=C(C1)Nc1c(c(=O)[nH]c(=O)n1Cc1ccccc1)C2c1cccc(Oc2ccccc2)c1. The van der Waals surface area contributed by atoms with Crippen molar-refractivity contribution in [3.8, 4) is 11.5 Å². The molecule has 196 valence electrons. The van der Waals surface area contributed by atoms with Crippen molar-refractivity contribution in [3.63, 3.8) is 0 Å². The van der Waals surface area contributed by atoms with E-state index < -0.39 is 17.2 Å². The van der Waals surface area contributed by atoms with Crippen LogP contribution in [0.15, 0.2) is 106 Å². The number of aromatic amines is 1. The summed E-state index contributed by atoms with van der Waals surface area (Å²) in [5.74, 6) is 1.06. The number of ketones is 1. The van der Waals surface area contributed by atoms with E-state index in [-0.39, 0.29) is 17.7 Å². The molecule has 1 aliphatic heterocycles. The first-order valence-electron chi connectivity index (χ1n) is 13.1. The molecule has 0 spiro atoms. The van der Waals surface area contributed by atoms with Crippen LogP contribution in [-0.4, -0.2) is 15.3 Å². The van der Waals surface area contributed by atoms with Gasteiger partial charge in [0.05, 0.1) is 12.1 Å². The molecule has 6 rings (SSSR count). The minimum atomic E-state index is -0.648. The number of carbonyl (C=O) groups is 1. The Kier molecular flexibility index (Phi) is 6.06. The number of H-pyrrole nitrogens is 1. The summed E-state index contributed by atoms with van der Waals surface area (Å²) < 4.78 is 7.64. The van der Waals surface area contributed by atoms with Gasteiger partial charge in [-0.25, -0.2) is 4.79 Å². The molecule has 1 aromatic heterocycles. The molecule has 0 saturated heterocycles. The van der Waals surface area contributed by atoms with Crippen LogP contribution in [-0.2, 0) is 11.3 Å². The maximum Gasteiger partial charge on any atom is 0.330 e. The lowest BCUT2D eigenvalue weighted by Crippen LogP contribution is -2.42. The first kappa shape index (κ1) is 24.7. The molecular weight excluding hydrogens is 490 g/mol.